The van der Waals surface area contributed by atoms with E-state index in [0.717, 1.165) is 19.3 Å². The Morgan fingerprint density at radius 1 is 1.12 bits per heavy atom. The van der Waals surface area contributed by atoms with Gasteiger partial charge in [0.2, 0.25) is 0 Å². The minimum Gasteiger partial charge on any atom is -0.389 e. The van der Waals surface area contributed by atoms with Gasteiger partial charge in [-0.1, -0.05) is 34.9 Å². The van der Waals surface area contributed by atoms with Gasteiger partial charge < -0.3 is 5.11 Å². The van der Waals surface area contributed by atoms with Crippen LogP contribution in [0.1, 0.15) is 53.9 Å². The lowest BCUT2D eigenvalue weighted by Crippen LogP contribution is -2.03. The van der Waals surface area contributed by atoms with Crippen molar-refractivity contribution >= 4 is 0 Å². The summed E-state index contributed by atoms with van der Waals surface area (Å²) in [6, 6.07) is 0. The molecule has 1 atom stereocenters. The molecule has 0 heterocycles. The summed E-state index contributed by atoms with van der Waals surface area (Å²) >= 11 is 0. The second-order valence-corrected chi connectivity index (χ2v) is 4.74. The number of hydrogen-bond acceptors (Lipinski definition) is 1. The minimum atomic E-state index is -0.330. The highest BCUT2D eigenvalue weighted by atomic mass is 16.3. The fourth-order valence-electron chi connectivity index (χ4n) is 1.55. The molecule has 0 aromatic heterocycles. The summed E-state index contributed by atoms with van der Waals surface area (Å²) < 4.78 is 0. The van der Waals surface area contributed by atoms with Crippen molar-refractivity contribution in [3.63, 3.8) is 0 Å². The highest BCUT2D eigenvalue weighted by Gasteiger charge is 2.00. The fraction of sp³-hybridized carbons (Fsp3) is 0.600. The molecule has 0 aliphatic carbocycles. The van der Waals surface area contributed by atoms with Gasteiger partial charge >= 0.3 is 0 Å². The van der Waals surface area contributed by atoms with Gasteiger partial charge in [0.05, 0.1) is 6.10 Å². The van der Waals surface area contributed by atoms with E-state index in [9.17, 15) is 5.11 Å². The molecular weight excluding hydrogens is 196 g/mol. The summed E-state index contributed by atoms with van der Waals surface area (Å²) in [5.74, 6) is 0. The molecule has 92 valence electrons. The van der Waals surface area contributed by atoms with Crippen LogP contribution in [-0.4, -0.2) is 11.2 Å². The molecule has 1 unspecified atom stereocenters. The van der Waals surface area contributed by atoms with E-state index in [1.54, 1.807) is 0 Å². The van der Waals surface area contributed by atoms with Crippen LogP contribution in [0.4, 0.5) is 0 Å². The van der Waals surface area contributed by atoms with E-state index in [1.165, 1.54) is 16.7 Å². The Kier molecular flexibility index (Phi) is 7.92. The Balaban J connectivity index is 4.01. The van der Waals surface area contributed by atoms with Crippen LogP contribution in [0.2, 0.25) is 0 Å². The van der Waals surface area contributed by atoms with Gasteiger partial charge in [-0.25, -0.2) is 0 Å². The Bertz CT molecular complexity index is 278. The predicted octanol–water partition coefficient (Wildman–Crippen LogP) is 4.40. The van der Waals surface area contributed by atoms with Crippen LogP contribution in [0.25, 0.3) is 0 Å². The SMILES string of the molecule is CC=C(C)CCC=C(C)CC(O)C=C(C)C. The first-order valence-corrected chi connectivity index (χ1v) is 6.06. The average molecular weight is 222 g/mol. The summed E-state index contributed by atoms with van der Waals surface area (Å²) in [5.41, 5.74) is 3.87. The van der Waals surface area contributed by atoms with Gasteiger partial charge in [-0.3, -0.25) is 0 Å². The number of aliphatic hydroxyl groups is 1. The van der Waals surface area contributed by atoms with E-state index in [1.807, 2.05) is 19.9 Å². The normalized spacial score (nSPS) is 14.9. The van der Waals surface area contributed by atoms with Gasteiger partial charge in [0, 0.05) is 0 Å². The van der Waals surface area contributed by atoms with E-state index in [2.05, 4.69) is 32.9 Å². The van der Waals surface area contributed by atoms with Crippen LogP contribution >= 0.6 is 0 Å². The van der Waals surface area contributed by atoms with Gasteiger partial charge in [0.25, 0.3) is 0 Å². The molecular formula is C15H26O. The van der Waals surface area contributed by atoms with Gasteiger partial charge in [0.15, 0.2) is 0 Å². The van der Waals surface area contributed by atoms with E-state index in [4.69, 9.17) is 0 Å². The Morgan fingerprint density at radius 2 is 1.75 bits per heavy atom. The smallest absolute Gasteiger partial charge is 0.0760 e. The first kappa shape index (κ1) is 15.2. The van der Waals surface area contributed by atoms with E-state index in [-0.39, 0.29) is 6.10 Å². The fourth-order valence-corrected chi connectivity index (χ4v) is 1.55. The number of aliphatic hydroxyl groups excluding tert-OH is 1. The second kappa shape index (κ2) is 8.35. The summed E-state index contributed by atoms with van der Waals surface area (Å²) in [6.45, 7) is 10.3. The lowest BCUT2D eigenvalue weighted by Gasteiger charge is -2.07. The first-order chi connectivity index (χ1) is 7.45. The van der Waals surface area contributed by atoms with Crippen molar-refractivity contribution in [1.82, 2.24) is 0 Å². The molecule has 1 N–H and O–H groups in total. The number of allylic oxidation sites excluding steroid dienone is 4. The first-order valence-electron chi connectivity index (χ1n) is 6.06. The maximum atomic E-state index is 9.72. The van der Waals surface area contributed by atoms with Crippen molar-refractivity contribution in [1.29, 1.82) is 0 Å². The predicted molar refractivity (Wildman–Crippen MR) is 72.5 cm³/mol. The van der Waals surface area contributed by atoms with Gasteiger partial charge in [-0.2, -0.15) is 0 Å². The van der Waals surface area contributed by atoms with E-state index < -0.39 is 0 Å². The molecule has 16 heavy (non-hydrogen) atoms. The van der Waals surface area contributed by atoms with Crippen LogP contribution in [0.3, 0.4) is 0 Å². The van der Waals surface area contributed by atoms with E-state index >= 15 is 0 Å². The molecule has 0 saturated carbocycles. The molecule has 0 fully saturated rings. The molecule has 0 radical (unpaired) electrons. The van der Waals surface area contributed by atoms with Crippen molar-refractivity contribution in [2.45, 2.75) is 60.0 Å². The van der Waals surface area contributed by atoms with E-state index in [0.29, 0.717) is 0 Å². The highest BCUT2D eigenvalue weighted by Crippen LogP contribution is 2.11. The molecule has 0 amide bonds. The summed E-state index contributed by atoms with van der Waals surface area (Å²) in [6.07, 6.45) is 8.91. The largest absolute Gasteiger partial charge is 0.389 e. The molecule has 1 heteroatoms. The van der Waals surface area contributed by atoms with Crippen LogP contribution in [0.5, 0.6) is 0 Å². The second-order valence-electron chi connectivity index (χ2n) is 4.74. The molecule has 0 bridgehead atoms. The number of rotatable bonds is 6. The Morgan fingerprint density at radius 3 is 2.25 bits per heavy atom. The Hall–Kier alpha value is -0.820. The lowest BCUT2D eigenvalue weighted by atomic mass is 10.0. The maximum Gasteiger partial charge on any atom is 0.0760 e. The third-order valence-corrected chi connectivity index (χ3v) is 2.58. The molecule has 0 saturated heterocycles. The number of hydrogen-bond donors (Lipinski definition) is 1. The quantitative estimate of drug-likeness (QED) is 0.661. The molecule has 0 aromatic carbocycles. The summed E-state index contributed by atoms with van der Waals surface area (Å²) in [7, 11) is 0. The van der Waals surface area contributed by atoms with Crippen molar-refractivity contribution in [3.8, 4) is 0 Å². The van der Waals surface area contributed by atoms with Crippen LogP contribution in [0, 0.1) is 0 Å². The Labute approximate surface area is 101 Å². The van der Waals surface area contributed by atoms with Gasteiger partial charge in [0.1, 0.15) is 0 Å². The zero-order chi connectivity index (χ0) is 12.6. The molecule has 0 rings (SSSR count). The third-order valence-electron chi connectivity index (χ3n) is 2.58. The maximum absolute atomic E-state index is 9.72. The van der Waals surface area contributed by atoms with Crippen molar-refractivity contribution in [2.75, 3.05) is 0 Å². The topological polar surface area (TPSA) is 20.2 Å². The summed E-state index contributed by atoms with van der Waals surface area (Å²) in [5, 5.41) is 9.72. The molecule has 0 aliphatic rings. The lowest BCUT2D eigenvalue weighted by molar-refractivity contribution is 0.222. The molecule has 0 aromatic rings. The van der Waals surface area contributed by atoms with Crippen molar-refractivity contribution < 1.29 is 5.11 Å². The minimum absolute atomic E-state index is 0.330. The zero-order valence-corrected chi connectivity index (χ0v) is 11.4. The summed E-state index contributed by atoms with van der Waals surface area (Å²) in [4.78, 5) is 0. The highest BCUT2D eigenvalue weighted by molar-refractivity contribution is 5.07. The van der Waals surface area contributed by atoms with Crippen LogP contribution < -0.4 is 0 Å². The third kappa shape index (κ3) is 8.49. The zero-order valence-electron chi connectivity index (χ0n) is 11.4. The van der Waals surface area contributed by atoms with Crippen LogP contribution in [-0.2, 0) is 0 Å². The van der Waals surface area contributed by atoms with Crippen molar-refractivity contribution in [3.05, 3.63) is 34.9 Å². The van der Waals surface area contributed by atoms with Crippen molar-refractivity contribution in [2.24, 2.45) is 0 Å². The standard InChI is InChI=1S/C15H26O/c1-6-13(4)8-7-9-14(5)11-15(16)10-12(2)3/h6,9-10,15-16H,7-8,11H2,1-5H3. The van der Waals surface area contributed by atoms with Crippen LogP contribution in [0.15, 0.2) is 34.9 Å². The van der Waals surface area contributed by atoms with Gasteiger partial charge in [-0.05, 0) is 53.9 Å². The average Bonchev–Trinajstić information content (AvgIpc) is 2.15. The monoisotopic (exact) mass is 222 g/mol. The molecule has 0 spiro atoms. The molecule has 0 aliphatic heterocycles. The van der Waals surface area contributed by atoms with Gasteiger partial charge in [-0.15, -0.1) is 0 Å². The molecule has 1 nitrogen and oxygen atoms in total.